The van der Waals surface area contributed by atoms with E-state index in [-0.39, 0.29) is 5.15 Å². The molecule has 0 unspecified atom stereocenters. The number of rotatable bonds is 4. The van der Waals surface area contributed by atoms with Crippen LogP contribution in [-0.2, 0) is 0 Å². The number of primary amides is 1. The Morgan fingerprint density at radius 1 is 1.48 bits per heavy atom. The van der Waals surface area contributed by atoms with Gasteiger partial charge in [0.15, 0.2) is 10.3 Å². The van der Waals surface area contributed by atoms with Crippen LogP contribution in [-0.4, -0.2) is 17.2 Å². The van der Waals surface area contributed by atoms with Gasteiger partial charge in [-0.3, -0.25) is 0 Å². The van der Waals surface area contributed by atoms with Crippen LogP contribution in [0.4, 0.5) is 15.6 Å². The van der Waals surface area contributed by atoms with Crippen molar-refractivity contribution in [1.29, 1.82) is 0 Å². The number of thiazole rings is 1. The Hall–Kier alpha value is -1.83. The van der Waals surface area contributed by atoms with Crippen LogP contribution in [0.3, 0.4) is 0 Å². The van der Waals surface area contributed by atoms with Gasteiger partial charge in [-0.15, -0.1) is 0 Å². The number of carbonyl (C=O) groups is 1. The maximum absolute atomic E-state index is 10.5. The molecule has 4 N–H and O–H groups in total. The van der Waals surface area contributed by atoms with Crippen molar-refractivity contribution in [3.63, 3.8) is 0 Å². The predicted molar refractivity (Wildman–Crippen MR) is 86.9 cm³/mol. The first kappa shape index (κ1) is 15.6. The highest BCUT2D eigenvalue weighted by Crippen LogP contribution is 2.29. The SMILES string of the molecule is Cc1ccc(Nc2nc(Cl)c(/C=N/NC(N)=O)s2)cc1Cl. The second kappa shape index (κ2) is 6.75. The number of hydrogen-bond acceptors (Lipinski definition) is 5. The molecule has 6 nitrogen and oxygen atoms in total. The Balaban J connectivity index is 2.12. The van der Waals surface area contributed by atoms with E-state index < -0.39 is 6.03 Å². The van der Waals surface area contributed by atoms with E-state index >= 15 is 0 Å². The number of nitrogens with one attached hydrogen (secondary N) is 2. The van der Waals surface area contributed by atoms with Crippen LogP contribution >= 0.6 is 34.5 Å². The average Bonchev–Trinajstić information content (AvgIpc) is 2.74. The fourth-order valence-electron chi connectivity index (χ4n) is 1.40. The quantitative estimate of drug-likeness (QED) is 0.585. The van der Waals surface area contributed by atoms with Gasteiger partial charge in [-0.05, 0) is 24.6 Å². The molecule has 1 heterocycles. The van der Waals surface area contributed by atoms with E-state index in [2.05, 4.69) is 20.8 Å². The summed E-state index contributed by atoms with van der Waals surface area (Å²) in [6.45, 7) is 1.92. The Bertz CT molecular complexity index is 701. The van der Waals surface area contributed by atoms with Crippen LogP contribution in [0.25, 0.3) is 0 Å². The van der Waals surface area contributed by atoms with Crippen LogP contribution in [0.1, 0.15) is 10.4 Å². The zero-order valence-corrected chi connectivity index (χ0v) is 13.2. The molecule has 0 aliphatic carbocycles. The van der Waals surface area contributed by atoms with Crippen LogP contribution in [0.15, 0.2) is 23.3 Å². The Labute approximate surface area is 135 Å². The lowest BCUT2D eigenvalue weighted by Gasteiger charge is -2.04. The number of carbonyl (C=O) groups excluding carboxylic acids is 1. The van der Waals surface area contributed by atoms with E-state index in [1.54, 1.807) is 6.07 Å². The van der Waals surface area contributed by atoms with Crippen LogP contribution in [0, 0.1) is 6.92 Å². The van der Waals surface area contributed by atoms with E-state index in [1.807, 2.05) is 19.1 Å². The number of hydrogen-bond donors (Lipinski definition) is 3. The second-order valence-electron chi connectivity index (χ2n) is 4.00. The monoisotopic (exact) mass is 343 g/mol. The molecule has 110 valence electrons. The van der Waals surface area contributed by atoms with Gasteiger partial charge >= 0.3 is 6.03 Å². The van der Waals surface area contributed by atoms with E-state index in [4.69, 9.17) is 28.9 Å². The summed E-state index contributed by atoms with van der Waals surface area (Å²) in [5.41, 5.74) is 8.77. The van der Waals surface area contributed by atoms with Gasteiger partial charge < -0.3 is 11.1 Å². The molecule has 0 aliphatic rings. The van der Waals surface area contributed by atoms with Gasteiger partial charge in [0.1, 0.15) is 0 Å². The van der Waals surface area contributed by atoms with Gasteiger partial charge in [0.2, 0.25) is 0 Å². The molecule has 0 spiro atoms. The van der Waals surface area contributed by atoms with E-state index in [9.17, 15) is 4.79 Å². The van der Waals surface area contributed by atoms with E-state index in [1.165, 1.54) is 17.6 Å². The normalized spacial score (nSPS) is 10.8. The lowest BCUT2D eigenvalue weighted by atomic mass is 10.2. The van der Waals surface area contributed by atoms with E-state index in [0.29, 0.717) is 15.0 Å². The van der Waals surface area contributed by atoms with Crippen LogP contribution in [0.5, 0.6) is 0 Å². The first-order chi connectivity index (χ1) is 9.95. The van der Waals surface area contributed by atoms with Crippen molar-refractivity contribution >= 4 is 57.6 Å². The molecule has 0 fully saturated rings. The zero-order chi connectivity index (χ0) is 15.4. The van der Waals surface area contributed by atoms with Gasteiger partial charge in [-0.1, -0.05) is 40.6 Å². The van der Waals surface area contributed by atoms with Crippen molar-refractivity contribution < 1.29 is 4.79 Å². The van der Waals surface area contributed by atoms with Gasteiger partial charge in [0, 0.05) is 10.7 Å². The first-order valence-corrected chi connectivity index (χ1v) is 7.31. The molecule has 0 atom stereocenters. The number of nitrogens with two attached hydrogens (primary N) is 1. The number of amides is 2. The minimum absolute atomic E-state index is 0.274. The summed E-state index contributed by atoms with van der Waals surface area (Å²) < 4.78 is 0. The highest BCUT2D eigenvalue weighted by Gasteiger charge is 2.08. The molecule has 0 aliphatic heterocycles. The Morgan fingerprint density at radius 3 is 2.90 bits per heavy atom. The molecule has 9 heteroatoms. The van der Waals surface area contributed by atoms with Crippen molar-refractivity contribution in [2.75, 3.05) is 5.32 Å². The molecule has 0 bridgehead atoms. The molecule has 1 aromatic heterocycles. The molecule has 0 saturated heterocycles. The maximum atomic E-state index is 10.5. The van der Waals surface area contributed by atoms with Crippen LogP contribution in [0.2, 0.25) is 10.2 Å². The lowest BCUT2D eigenvalue weighted by Crippen LogP contribution is -2.24. The summed E-state index contributed by atoms with van der Waals surface area (Å²) in [4.78, 5) is 15.2. The molecule has 0 saturated carbocycles. The van der Waals surface area contributed by atoms with Crippen molar-refractivity contribution in [3.05, 3.63) is 38.8 Å². The van der Waals surface area contributed by atoms with Crippen molar-refractivity contribution in [2.24, 2.45) is 10.8 Å². The molecule has 2 amide bonds. The minimum atomic E-state index is -0.750. The first-order valence-electron chi connectivity index (χ1n) is 5.73. The highest BCUT2D eigenvalue weighted by atomic mass is 35.5. The molecule has 0 radical (unpaired) electrons. The topological polar surface area (TPSA) is 92.4 Å². The Kier molecular flexibility index (Phi) is 5.00. The molecule has 21 heavy (non-hydrogen) atoms. The standard InChI is InChI=1S/C12H11Cl2N5OS/c1-6-2-3-7(4-8(6)13)17-12-18-10(14)9(21-12)5-16-19-11(15)20/h2-5H,1H3,(H,17,18)(H3,15,19,20)/b16-5+. The number of aromatic nitrogens is 1. The molecule has 2 aromatic rings. The molecule has 2 rings (SSSR count). The summed E-state index contributed by atoms with van der Waals surface area (Å²) in [5.74, 6) is 0. The van der Waals surface area contributed by atoms with Crippen molar-refractivity contribution in [2.45, 2.75) is 6.92 Å². The minimum Gasteiger partial charge on any atom is -0.350 e. The summed E-state index contributed by atoms with van der Waals surface area (Å²) in [5, 5.41) is 8.25. The fourth-order valence-corrected chi connectivity index (χ4v) is 2.62. The summed E-state index contributed by atoms with van der Waals surface area (Å²) >= 11 is 13.3. The smallest absolute Gasteiger partial charge is 0.332 e. The number of aryl methyl sites for hydroxylation is 1. The fraction of sp³-hybridized carbons (Fsp3) is 0.0833. The summed E-state index contributed by atoms with van der Waals surface area (Å²) in [6.07, 6.45) is 1.37. The number of hydrazone groups is 1. The Morgan fingerprint density at radius 2 is 2.24 bits per heavy atom. The van der Waals surface area contributed by atoms with Gasteiger partial charge in [-0.25, -0.2) is 15.2 Å². The summed E-state index contributed by atoms with van der Waals surface area (Å²) in [6, 6.07) is 4.84. The lowest BCUT2D eigenvalue weighted by molar-refractivity contribution is 0.249. The number of urea groups is 1. The van der Waals surface area contributed by atoms with Crippen molar-refractivity contribution in [3.8, 4) is 0 Å². The molecular weight excluding hydrogens is 333 g/mol. The summed E-state index contributed by atoms with van der Waals surface area (Å²) in [7, 11) is 0. The maximum Gasteiger partial charge on any atom is 0.332 e. The number of benzene rings is 1. The molecule has 1 aromatic carbocycles. The number of halogens is 2. The van der Waals surface area contributed by atoms with Crippen LogP contribution < -0.4 is 16.5 Å². The third-order valence-corrected chi connectivity index (χ3v) is 4.10. The number of nitrogens with zero attached hydrogens (tertiary/aromatic N) is 2. The highest BCUT2D eigenvalue weighted by molar-refractivity contribution is 7.17. The average molecular weight is 344 g/mol. The second-order valence-corrected chi connectivity index (χ2v) is 5.79. The van der Waals surface area contributed by atoms with E-state index in [0.717, 1.165) is 11.3 Å². The van der Waals surface area contributed by atoms with Gasteiger partial charge in [0.25, 0.3) is 0 Å². The van der Waals surface area contributed by atoms with Gasteiger partial charge in [0.05, 0.1) is 11.1 Å². The van der Waals surface area contributed by atoms with Crippen molar-refractivity contribution in [1.82, 2.24) is 10.4 Å². The van der Waals surface area contributed by atoms with Gasteiger partial charge in [-0.2, -0.15) is 5.10 Å². The molecular formula is C12H11Cl2N5OS. The number of anilines is 2. The zero-order valence-electron chi connectivity index (χ0n) is 10.9. The largest absolute Gasteiger partial charge is 0.350 e. The third kappa shape index (κ3) is 4.32. The third-order valence-electron chi connectivity index (χ3n) is 2.39. The predicted octanol–water partition coefficient (Wildman–Crippen LogP) is 3.50.